The fourth-order valence-electron chi connectivity index (χ4n) is 2.93. The van der Waals surface area contributed by atoms with Crippen molar-refractivity contribution in [2.24, 2.45) is 0 Å². The molecule has 0 aliphatic carbocycles. The Kier molecular flexibility index (Phi) is 4.18. The van der Waals surface area contributed by atoms with Crippen LogP contribution in [0.4, 0.5) is 0 Å². The molecule has 0 saturated carbocycles. The van der Waals surface area contributed by atoms with Gasteiger partial charge < -0.3 is 15.7 Å². The predicted octanol–water partition coefficient (Wildman–Crippen LogP) is 1.06. The number of hydrogen-bond acceptors (Lipinski definition) is 4. The van der Waals surface area contributed by atoms with Gasteiger partial charge in [0.05, 0.1) is 11.6 Å². The minimum atomic E-state index is -0.771. The van der Waals surface area contributed by atoms with Crippen molar-refractivity contribution in [3.05, 3.63) is 66.0 Å². The van der Waals surface area contributed by atoms with Crippen molar-refractivity contribution in [3.8, 4) is 0 Å². The molecule has 0 bridgehead atoms. The van der Waals surface area contributed by atoms with Gasteiger partial charge in [0.25, 0.3) is 5.91 Å². The van der Waals surface area contributed by atoms with Gasteiger partial charge in [-0.3, -0.25) is 9.78 Å². The topological polar surface area (TPSA) is 74.2 Å². The van der Waals surface area contributed by atoms with Crippen molar-refractivity contribution < 1.29 is 9.90 Å². The highest BCUT2D eigenvalue weighted by Gasteiger charge is 2.42. The van der Waals surface area contributed by atoms with Gasteiger partial charge in [-0.05, 0) is 30.7 Å². The molecule has 2 aromatic rings. The minimum Gasteiger partial charge on any atom is -0.389 e. The Morgan fingerprint density at radius 1 is 1.23 bits per heavy atom. The van der Waals surface area contributed by atoms with Crippen molar-refractivity contribution in [2.45, 2.75) is 18.1 Å². The zero-order chi connectivity index (χ0) is 15.4. The first-order chi connectivity index (χ1) is 10.7. The molecule has 1 saturated heterocycles. The van der Waals surface area contributed by atoms with Gasteiger partial charge in [-0.2, -0.15) is 0 Å². The second kappa shape index (κ2) is 6.25. The molecule has 2 heterocycles. The van der Waals surface area contributed by atoms with E-state index in [2.05, 4.69) is 15.6 Å². The molecule has 1 aliphatic heterocycles. The van der Waals surface area contributed by atoms with Crippen LogP contribution in [0.2, 0.25) is 0 Å². The van der Waals surface area contributed by atoms with Crippen molar-refractivity contribution in [2.75, 3.05) is 13.1 Å². The normalized spacial score (nSPS) is 24.7. The summed E-state index contributed by atoms with van der Waals surface area (Å²) in [5.74, 6) is -0.202. The van der Waals surface area contributed by atoms with Gasteiger partial charge in [0.15, 0.2) is 0 Å². The third kappa shape index (κ3) is 2.73. The van der Waals surface area contributed by atoms with Crippen LogP contribution in [0.25, 0.3) is 0 Å². The summed E-state index contributed by atoms with van der Waals surface area (Å²) < 4.78 is 0. The van der Waals surface area contributed by atoms with E-state index in [0.29, 0.717) is 18.5 Å². The largest absolute Gasteiger partial charge is 0.389 e. The Morgan fingerprint density at radius 3 is 2.64 bits per heavy atom. The summed E-state index contributed by atoms with van der Waals surface area (Å²) in [6, 6.07) is 13.0. The molecule has 0 unspecified atom stereocenters. The predicted molar refractivity (Wildman–Crippen MR) is 83.3 cm³/mol. The van der Waals surface area contributed by atoms with E-state index in [0.717, 1.165) is 12.1 Å². The summed E-state index contributed by atoms with van der Waals surface area (Å²) in [7, 11) is 0. The van der Waals surface area contributed by atoms with Gasteiger partial charge in [-0.25, -0.2) is 0 Å². The SMILES string of the molecule is O=C(N[C@@]1(c2ccccc2)CCNC[C@H]1O)c1ccncc1. The first kappa shape index (κ1) is 14.7. The lowest BCUT2D eigenvalue weighted by Gasteiger charge is -2.43. The smallest absolute Gasteiger partial charge is 0.252 e. The Morgan fingerprint density at radius 2 is 1.95 bits per heavy atom. The number of aliphatic hydroxyl groups is 1. The molecular formula is C17H19N3O2. The first-order valence-corrected chi connectivity index (χ1v) is 7.39. The average molecular weight is 297 g/mol. The van der Waals surface area contributed by atoms with Crippen molar-refractivity contribution in [1.29, 1.82) is 0 Å². The first-order valence-electron chi connectivity index (χ1n) is 7.39. The van der Waals surface area contributed by atoms with Gasteiger partial charge >= 0.3 is 0 Å². The molecular weight excluding hydrogens is 278 g/mol. The Hall–Kier alpha value is -2.24. The van der Waals surface area contributed by atoms with Crippen LogP contribution >= 0.6 is 0 Å². The van der Waals surface area contributed by atoms with Crippen molar-refractivity contribution >= 4 is 5.91 Å². The van der Waals surface area contributed by atoms with Crippen LogP contribution in [0.5, 0.6) is 0 Å². The molecule has 1 aliphatic rings. The molecule has 22 heavy (non-hydrogen) atoms. The average Bonchev–Trinajstić information content (AvgIpc) is 2.58. The van der Waals surface area contributed by atoms with Crippen LogP contribution in [0.15, 0.2) is 54.9 Å². The van der Waals surface area contributed by atoms with E-state index in [1.165, 1.54) is 0 Å². The number of nitrogens with zero attached hydrogens (tertiary/aromatic N) is 1. The lowest BCUT2D eigenvalue weighted by molar-refractivity contribution is 0.0289. The molecule has 1 aromatic heterocycles. The number of rotatable bonds is 3. The number of carbonyl (C=O) groups is 1. The second-order valence-corrected chi connectivity index (χ2v) is 5.50. The zero-order valence-corrected chi connectivity index (χ0v) is 12.2. The quantitative estimate of drug-likeness (QED) is 0.792. The number of carbonyl (C=O) groups excluding carboxylic acids is 1. The van der Waals surface area contributed by atoms with E-state index in [1.807, 2.05) is 30.3 Å². The van der Waals surface area contributed by atoms with Crippen molar-refractivity contribution in [1.82, 2.24) is 15.6 Å². The maximum Gasteiger partial charge on any atom is 0.252 e. The molecule has 0 spiro atoms. The molecule has 2 atom stereocenters. The van der Waals surface area contributed by atoms with E-state index in [9.17, 15) is 9.90 Å². The van der Waals surface area contributed by atoms with E-state index in [4.69, 9.17) is 0 Å². The number of hydrogen-bond donors (Lipinski definition) is 3. The Balaban J connectivity index is 1.94. The van der Waals surface area contributed by atoms with E-state index in [1.54, 1.807) is 24.5 Å². The number of β-amino-alcohol motifs (C(OH)–C–C–N with tert-alkyl or cyclic N) is 1. The summed E-state index contributed by atoms with van der Waals surface area (Å²) in [5.41, 5.74) is 0.690. The highest BCUT2D eigenvalue weighted by Crippen LogP contribution is 2.31. The number of aromatic nitrogens is 1. The highest BCUT2D eigenvalue weighted by molar-refractivity contribution is 5.94. The molecule has 1 amide bonds. The van der Waals surface area contributed by atoms with Gasteiger partial charge in [-0.1, -0.05) is 30.3 Å². The number of benzene rings is 1. The number of piperidine rings is 1. The number of aliphatic hydroxyl groups excluding tert-OH is 1. The maximum atomic E-state index is 12.6. The van der Waals surface area contributed by atoms with Gasteiger partial charge in [-0.15, -0.1) is 0 Å². The zero-order valence-electron chi connectivity index (χ0n) is 12.2. The third-order valence-electron chi connectivity index (χ3n) is 4.17. The molecule has 5 heteroatoms. The molecule has 1 aromatic carbocycles. The lowest BCUT2D eigenvalue weighted by atomic mass is 9.79. The van der Waals surface area contributed by atoms with E-state index < -0.39 is 11.6 Å². The molecule has 5 nitrogen and oxygen atoms in total. The molecule has 3 N–H and O–H groups in total. The second-order valence-electron chi connectivity index (χ2n) is 5.50. The summed E-state index contributed by atoms with van der Waals surface area (Å²) >= 11 is 0. The molecule has 114 valence electrons. The lowest BCUT2D eigenvalue weighted by Crippen LogP contribution is -2.61. The number of nitrogens with one attached hydrogen (secondary N) is 2. The Bertz CT molecular complexity index is 633. The maximum absolute atomic E-state index is 12.6. The van der Waals surface area contributed by atoms with Crippen molar-refractivity contribution in [3.63, 3.8) is 0 Å². The fourth-order valence-corrected chi connectivity index (χ4v) is 2.93. The van der Waals surface area contributed by atoms with Crippen LogP contribution in [0.3, 0.4) is 0 Å². The van der Waals surface area contributed by atoms with Gasteiger partial charge in [0.1, 0.15) is 0 Å². The summed E-state index contributed by atoms with van der Waals surface area (Å²) in [6.45, 7) is 1.19. The molecule has 0 radical (unpaired) electrons. The molecule has 3 rings (SSSR count). The fraction of sp³-hybridized carbons (Fsp3) is 0.294. The van der Waals surface area contributed by atoms with Gasteiger partial charge in [0.2, 0.25) is 0 Å². The summed E-state index contributed by atoms with van der Waals surface area (Å²) in [6.07, 6.45) is 3.12. The van der Waals surface area contributed by atoms with Crippen LogP contribution in [-0.2, 0) is 5.54 Å². The Labute approximate surface area is 129 Å². The van der Waals surface area contributed by atoms with E-state index in [-0.39, 0.29) is 5.91 Å². The molecule has 1 fully saturated rings. The number of pyridine rings is 1. The monoisotopic (exact) mass is 297 g/mol. The standard InChI is InChI=1S/C17H19N3O2/c21-15-12-19-11-8-17(15,14-4-2-1-3-5-14)20-16(22)13-6-9-18-10-7-13/h1-7,9-10,15,19,21H,8,11-12H2,(H,20,22)/t15-,17-/m1/s1. The third-order valence-corrected chi connectivity index (χ3v) is 4.17. The van der Waals surface area contributed by atoms with Gasteiger partial charge in [0, 0.05) is 24.5 Å². The van der Waals surface area contributed by atoms with Crippen LogP contribution < -0.4 is 10.6 Å². The highest BCUT2D eigenvalue weighted by atomic mass is 16.3. The van der Waals surface area contributed by atoms with Crippen LogP contribution in [0, 0.1) is 0 Å². The van der Waals surface area contributed by atoms with Crippen LogP contribution in [0.1, 0.15) is 22.3 Å². The van der Waals surface area contributed by atoms with E-state index >= 15 is 0 Å². The summed E-state index contributed by atoms with van der Waals surface area (Å²) in [5, 5.41) is 16.8. The number of amides is 1. The van der Waals surface area contributed by atoms with Crippen LogP contribution in [-0.4, -0.2) is 35.2 Å². The summed E-state index contributed by atoms with van der Waals surface area (Å²) in [4.78, 5) is 16.5. The minimum absolute atomic E-state index is 0.202.